The van der Waals surface area contributed by atoms with Crippen molar-refractivity contribution in [2.75, 3.05) is 46.9 Å². The molecule has 0 spiro atoms. The van der Waals surface area contributed by atoms with Crippen LogP contribution in [0.4, 0.5) is 0 Å². The SMILES string of the molecule is COc1cc(-c2cn(C)c(=O)c(C)c2C)cc(OC)c1CN1CCN(Cc2cccc3c2CCN(C(=O)/C(C#N)=C/c2ccc(C)cn2)C3C)CC1. The normalized spacial score (nSPS) is 16.7. The molecule has 6 rings (SSSR count). The molecule has 2 aromatic heterocycles. The van der Waals surface area contributed by atoms with Crippen LogP contribution >= 0.6 is 0 Å². The van der Waals surface area contributed by atoms with Gasteiger partial charge in [-0.2, -0.15) is 5.26 Å². The maximum Gasteiger partial charge on any atom is 0.265 e. The van der Waals surface area contributed by atoms with Crippen molar-refractivity contribution in [3.8, 4) is 28.7 Å². The Kier molecular flexibility index (Phi) is 10.9. The van der Waals surface area contributed by atoms with Crippen LogP contribution in [0.3, 0.4) is 0 Å². The minimum Gasteiger partial charge on any atom is -0.496 e. The Morgan fingerprint density at radius 1 is 0.962 bits per heavy atom. The summed E-state index contributed by atoms with van der Waals surface area (Å²) in [5.74, 6) is 1.28. The number of nitriles is 1. The summed E-state index contributed by atoms with van der Waals surface area (Å²) in [5, 5.41) is 9.87. The zero-order chi connectivity index (χ0) is 37.1. The van der Waals surface area contributed by atoms with Crippen LogP contribution in [0.15, 0.2) is 65.2 Å². The van der Waals surface area contributed by atoms with Gasteiger partial charge in [-0.05, 0) is 91.8 Å². The van der Waals surface area contributed by atoms with Gasteiger partial charge in [-0.25, -0.2) is 0 Å². The lowest BCUT2D eigenvalue weighted by Crippen LogP contribution is -2.45. The number of nitrogens with zero attached hydrogens (tertiary/aromatic N) is 6. The summed E-state index contributed by atoms with van der Waals surface area (Å²) in [6, 6.07) is 16.2. The third-order valence-electron chi connectivity index (χ3n) is 10.8. The van der Waals surface area contributed by atoms with Gasteiger partial charge in [0.25, 0.3) is 11.5 Å². The summed E-state index contributed by atoms with van der Waals surface area (Å²) in [7, 11) is 5.16. The fourth-order valence-electron chi connectivity index (χ4n) is 7.51. The van der Waals surface area contributed by atoms with E-state index in [0.29, 0.717) is 18.8 Å². The first-order chi connectivity index (χ1) is 25.0. The van der Waals surface area contributed by atoms with Gasteiger partial charge in [-0.3, -0.25) is 24.4 Å². The first-order valence-electron chi connectivity index (χ1n) is 17.9. The molecule has 10 heteroatoms. The van der Waals surface area contributed by atoms with Crippen molar-refractivity contribution in [3.05, 3.63) is 115 Å². The van der Waals surface area contributed by atoms with Crippen molar-refractivity contribution in [2.45, 2.75) is 53.2 Å². The van der Waals surface area contributed by atoms with E-state index in [-0.39, 0.29) is 23.1 Å². The van der Waals surface area contributed by atoms with E-state index < -0.39 is 0 Å². The van der Waals surface area contributed by atoms with Gasteiger partial charge in [-0.15, -0.1) is 0 Å². The van der Waals surface area contributed by atoms with Crippen molar-refractivity contribution in [1.82, 2.24) is 24.3 Å². The molecule has 4 heterocycles. The van der Waals surface area contributed by atoms with E-state index in [1.165, 1.54) is 11.1 Å². The molecule has 1 amide bonds. The van der Waals surface area contributed by atoms with Crippen molar-refractivity contribution in [2.24, 2.45) is 7.05 Å². The molecule has 2 aliphatic rings. The molecule has 1 unspecified atom stereocenters. The Morgan fingerprint density at radius 3 is 2.25 bits per heavy atom. The van der Waals surface area contributed by atoms with E-state index in [1.54, 1.807) is 38.1 Å². The number of piperazine rings is 1. The van der Waals surface area contributed by atoms with Crippen molar-refractivity contribution < 1.29 is 14.3 Å². The second-order valence-corrected chi connectivity index (χ2v) is 14.0. The molecule has 52 heavy (non-hydrogen) atoms. The summed E-state index contributed by atoms with van der Waals surface area (Å²) in [4.78, 5) is 37.2. The molecule has 1 saturated heterocycles. The van der Waals surface area contributed by atoms with Crippen LogP contribution in [0, 0.1) is 32.1 Å². The van der Waals surface area contributed by atoms with Gasteiger partial charge < -0.3 is 18.9 Å². The van der Waals surface area contributed by atoms with E-state index in [2.05, 4.69) is 46.0 Å². The molecular formula is C42H48N6O4. The van der Waals surface area contributed by atoms with E-state index in [4.69, 9.17) is 9.47 Å². The number of carbonyl (C=O) groups is 1. The number of aryl methyl sites for hydroxylation is 2. The average Bonchev–Trinajstić information content (AvgIpc) is 3.16. The Morgan fingerprint density at radius 2 is 1.63 bits per heavy atom. The third kappa shape index (κ3) is 7.38. The molecule has 0 saturated carbocycles. The minimum atomic E-state index is -0.260. The maximum atomic E-state index is 13.6. The number of hydrogen-bond acceptors (Lipinski definition) is 8. The van der Waals surface area contributed by atoms with E-state index in [9.17, 15) is 14.9 Å². The first kappa shape index (κ1) is 36.5. The highest BCUT2D eigenvalue weighted by Crippen LogP contribution is 2.38. The van der Waals surface area contributed by atoms with Crippen LogP contribution in [0.2, 0.25) is 0 Å². The second kappa shape index (κ2) is 15.6. The fourth-order valence-corrected chi connectivity index (χ4v) is 7.51. The van der Waals surface area contributed by atoms with Gasteiger partial charge in [0.15, 0.2) is 0 Å². The highest BCUT2D eigenvalue weighted by Gasteiger charge is 2.31. The Hall–Kier alpha value is -5.24. The monoisotopic (exact) mass is 700 g/mol. The summed E-state index contributed by atoms with van der Waals surface area (Å²) < 4.78 is 13.5. The summed E-state index contributed by atoms with van der Waals surface area (Å²) in [6.45, 7) is 13.6. The molecule has 0 radical (unpaired) electrons. The zero-order valence-electron chi connectivity index (χ0n) is 31.3. The lowest BCUT2D eigenvalue weighted by atomic mass is 9.89. The van der Waals surface area contributed by atoms with Crippen LogP contribution in [-0.2, 0) is 31.4 Å². The smallest absolute Gasteiger partial charge is 0.265 e. The second-order valence-electron chi connectivity index (χ2n) is 14.0. The van der Waals surface area contributed by atoms with Gasteiger partial charge in [0, 0.05) is 76.4 Å². The van der Waals surface area contributed by atoms with Gasteiger partial charge in [0.05, 0.1) is 31.5 Å². The number of amides is 1. The van der Waals surface area contributed by atoms with Gasteiger partial charge >= 0.3 is 0 Å². The van der Waals surface area contributed by atoms with Crippen LogP contribution < -0.4 is 15.0 Å². The number of fused-ring (bicyclic) bond motifs is 1. The largest absolute Gasteiger partial charge is 0.496 e. The van der Waals surface area contributed by atoms with Crippen LogP contribution in [0.1, 0.15) is 57.6 Å². The van der Waals surface area contributed by atoms with Crippen molar-refractivity contribution in [3.63, 3.8) is 0 Å². The van der Waals surface area contributed by atoms with Gasteiger partial charge in [0.2, 0.25) is 0 Å². The lowest BCUT2D eigenvalue weighted by Gasteiger charge is -2.38. The standard InChI is InChI=1S/C42H48N6O4/c1-27-11-12-34(44-23-27)19-33(22-43)42(50)48-14-13-36-31(9-8-10-35(36)30(48)4)24-46-15-17-47(18-16-46)26-38-39(51-6)20-32(21-40(38)52-7)37-25-45(5)41(49)29(3)28(37)2/h8-12,19-21,23,25,30H,13-18,24,26H2,1-7H3/b33-19+. The summed E-state index contributed by atoms with van der Waals surface area (Å²) >= 11 is 0. The number of ether oxygens (including phenoxy) is 2. The molecule has 270 valence electrons. The van der Waals surface area contributed by atoms with Crippen LogP contribution in [-0.4, -0.2) is 77.1 Å². The van der Waals surface area contributed by atoms with Crippen LogP contribution in [0.25, 0.3) is 17.2 Å². The number of methoxy groups -OCH3 is 2. The van der Waals surface area contributed by atoms with E-state index in [0.717, 1.165) is 89.6 Å². The topological polar surface area (TPSA) is 104 Å². The molecule has 2 aromatic carbocycles. The molecule has 1 fully saturated rings. The molecule has 0 N–H and O–H groups in total. The zero-order valence-corrected chi connectivity index (χ0v) is 31.3. The number of pyridine rings is 2. The quantitative estimate of drug-likeness (QED) is 0.161. The van der Waals surface area contributed by atoms with Gasteiger partial charge in [0.1, 0.15) is 23.1 Å². The fraction of sp³-hybridized carbons (Fsp3) is 0.381. The molecule has 0 aliphatic carbocycles. The third-order valence-corrected chi connectivity index (χ3v) is 10.8. The molecule has 4 aromatic rings. The average molecular weight is 701 g/mol. The number of rotatable bonds is 9. The predicted molar refractivity (Wildman–Crippen MR) is 203 cm³/mol. The Balaban J connectivity index is 1.12. The van der Waals surface area contributed by atoms with Crippen LogP contribution in [0.5, 0.6) is 11.5 Å². The van der Waals surface area contributed by atoms with Crippen molar-refractivity contribution >= 4 is 12.0 Å². The number of aromatic nitrogens is 2. The minimum absolute atomic E-state index is 0.00636. The number of benzene rings is 2. The highest BCUT2D eigenvalue weighted by molar-refractivity contribution is 6.01. The molecule has 10 nitrogen and oxygen atoms in total. The summed E-state index contributed by atoms with van der Waals surface area (Å²) in [6.07, 6.45) is 5.95. The number of carbonyl (C=O) groups excluding carboxylic acids is 1. The maximum absolute atomic E-state index is 13.6. The molecule has 0 bridgehead atoms. The molecule has 1 atom stereocenters. The predicted octanol–water partition coefficient (Wildman–Crippen LogP) is 5.76. The van der Waals surface area contributed by atoms with Crippen molar-refractivity contribution in [1.29, 1.82) is 5.26 Å². The van der Waals surface area contributed by atoms with E-state index in [1.807, 2.05) is 56.1 Å². The molecular weight excluding hydrogens is 652 g/mol. The summed E-state index contributed by atoms with van der Waals surface area (Å²) in [5.41, 5.74) is 10.1. The Bertz CT molecular complexity index is 2080. The van der Waals surface area contributed by atoms with E-state index >= 15 is 0 Å². The first-order valence-corrected chi connectivity index (χ1v) is 17.9. The van der Waals surface area contributed by atoms with Gasteiger partial charge in [-0.1, -0.05) is 24.3 Å². The molecule has 2 aliphatic heterocycles. The lowest BCUT2D eigenvalue weighted by molar-refractivity contribution is -0.129. The number of hydrogen-bond donors (Lipinski definition) is 0. The Labute approximate surface area is 306 Å². The highest BCUT2D eigenvalue weighted by atomic mass is 16.5.